The highest BCUT2D eigenvalue weighted by Gasteiger charge is 2.33. The summed E-state index contributed by atoms with van der Waals surface area (Å²) >= 11 is 0. The molecular weight excluding hydrogens is 150 g/mol. The Hall–Kier alpha value is -0.790. The number of fused-ring (bicyclic) bond motifs is 1. The molecule has 0 bridgehead atoms. The van der Waals surface area contributed by atoms with E-state index in [1.807, 2.05) is 6.20 Å². The third-order valence-corrected chi connectivity index (χ3v) is 3.09. The summed E-state index contributed by atoms with van der Waals surface area (Å²) < 4.78 is 0. The van der Waals surface area contributed by atoms with Gasteiger partial charge in [-0.1, -0.05) is 12.8 Å². The molecule has 0 aromatic heterocycles. The van der Waals surface area contributed by atoms with Crippen molar-refractivity contribution in [3.63, 3.8) is 0 Å². The Kier molecular flexibility index (Phi) is 1.91. The van der Waals surface area contributed by atoms with Gasteiger partial charge in [0.25, 0.3) is 0 Å². The molecule has 2 aliphatic rings. The van der Waals surface area contributed by atoms with E-state index >= 15 is 0 Å². The van der Waals surface area contributed by atoms with Crippen molar-refractivity contribution in [2.75, 3.05) is 7.05 Å². The lowest BCUT2D eigenvalue weighted by atomic mass is 9.79. The van der Waals surface area contributed by atoms with E-state index in [0.29, 0.717) is 17.7 Å². The first-order valence-electron chi connectivity index (χ1n) is 4.73. The predicted molar refractivity (Wildman–Crippen MR) is 47.7 cm³/mol. The zero-order valence-electron chi connectivity index (χ0n) is 7.49. The Balaban J connectivity index is 2.20. The standard InChI is InChI=1S/C10H15NO/c1-11-7-6-10(12)8-4-2-3-5-9(8)11/h6-9H,2-5H2,1H3. The second-order valence-electron chi connectivity index (χ2n) is 3.84. The maximum absolute atomic E-state index is 11.5. The van der Waals surface area contributed by atoms with E-state index in [-0.39, 0.29) is 0 Å². The normalized spacial score (nSPS) is 35.1. The number of rotatable bonds is 0. The molecule has 2 nitrogen and oxygen atoms in total. The van der Waals surface area contributed by atoms with Crippen molar-refractivity contribution < 1.29 is 4.79 Å². The van der Waals surface area contributed by atoms with Gasteiger partial charge in [0.05, 0.1) is 0 Å². The lowest BCUT2D eigenvalue weighted by Crippen LogP contribution is -2.43. The Morgan fingerprint density at radius 1 is 1.42 bits per heavy atom. The highest BCUT2D eigenvalue weighted by molar-refractivity contribution is 5.93. The number of hydrogen-bond donors (Lipinski definition) is 0. The van der Waals surface area contributed by atoms with Crippen LogP contribution in [-0.2, 0) is 4.79 Å². The minimum atomic E-state index is 0.300. The van der Waals surface area contributed by atoms with Crippen LogP contribution in [0.3, 0.4) is 0 Å². The van der Waals surface area contributed by atoms with Crippen LogP contribution in [0.2, 0.25) is 0 Å². The molecule has 0 radical (unpaired) electrons. The van der Waals surface area contributed by atoms with Gasteiger partial charge in [-0.15, -0.1) is 0 Å². The minimum Gasteiger partial charge on any atom is -0.377 e. The van der Waals surface area contributed by atoms with Crippen LogP contribution in [0.4, 0.5) is 0 Å². The van der Waals surface area contributed by atoms with Crippen LogP contribution in [-0.4, -0.2) is 23.8 Å². The molecule has 2 rings (SSSR count). The number of nitrogens with zero attached hydrogens (tertiary/aromatic N) is 1. The molecule has 2 atom stereocenters. The monoisotopic (exact) mass is 165 g/mol. The molecule has 0 amide bonds. The van der Waals surface area contributed by atoms with Gasteiger partial charge >= 0.3 is 0 Å². The van der Waals surface area contributed by atoms with Crippen LogP contribution in [0, 0.1) is 5.92 Å². The van der Waals surface area contributed by atoms with Gasteiger partial charge in [-0.3, -0.25) is 4.79 Å². The Morgan fingerprint density at radius 3 is 2.92 bits per heavy atom. The molecule has 1 aliphatic heterocycles. The van der Waals surface area contributed by atoms with Gasteiger partial charge in [0, 0.05) is 25.2 Å². The summed E-state index contributed by atoms with van der Waals surface area (Å²) in [5.41, 5.74) is 0. The summed E-state index contributed by atoms with van der Waals surface area (Å²) in [5.74, 6) is 0.645. The van der Waals surface area contributed by atoms with Gasteiger partial charge < -0.3 is 4.90 Å². The zero-order chi connectivity index (χ0) is 8.55. The summed E-state index contributed by atoms with van der Waals surface area (Å²) in [5, 5.41) is 0. The average molecular weight is 165 g/mol. The van der Waals surface area contributed by atoms with E-state index < -0.39 is 0 Å². The molecule has 0 aromatic rings. The summed E-state index contributed by atoms with van der Waals surface area (Å²) in [4.78, 5) is 13.7. The SMILES string of the molecule is CN1C=CC(=O)C2CCCCC21. The Labute approximate surface area is 73.2 Å². The summed E-state index contributed by atoms with van der Waals surface area (Å²) in [6.45, 7) is 0. The van der Waals surface area contributed by atoms with Crippen LogP contribution in [0.1, 0.15) is 25.7 Å². The van der Waals surface area contributed by atoms with Gasteiger partial charge in [0.1, 0.15) is 0 Å². The van der Waals surface area contributed by atoms with Crippen LogP contribution in [0.25, 0.3) is 0 Å². The molecule has 12 heavy (non-hydrogen) atoms. The van der Waals surface area contributed by atoms with E-state index in [9.17, 15) is 4.79 Å². The highest BCUT2D eigenvalue weighted by Crippen LogP contribution is 2.31. The van der Waals surface area contributed by atoms with E-state index in [2.05, 4.69) is 11.9 Å². The molecule has 0 N–H and O–H groups in total. The maximum atomic E-state index is 11.5. The van der Waals surface area contributed by atoms with E-state index in [1.165, 1.54) is 19.3 Å². The summed E-state index contributed by atoms with van der Waals surface area (Å²) in [7, 11) is 2.08. The van der Waals surface area contributed by atoms with Crippen molar-refractivity contribution in [3.8, 4) is 0 Å². The first kappa shape index (κ1) is 7.84. The number of carbonyl (C=O) groups excluding carboxylic acids is 1. The lowest BCUT2D eigenvalue weighted by Gasteiger charge is -2.38. The Bertz CT molecular complexity index is 222. The highest BCUT2D eigenvalue weighted by atomic mass is 16.1. The van der Waals surface area contributed by atoms with Crippen molar-refractivity contribution in [2.24, 2.45) is 5.92 Å². The smallest absolute Gasteiger partial charge is 0.162 e. The molecule has 66 valence electrons. The summed E-state index contributed by atoms with van der Waals surface area (Å²) in [6, 6.07) is 0.497. The first-order valence-corrected chi connectivity index (χ1v) is 4.73. The third kappa shape index (κ3) is 1.15. The Morgan fingerprint density at radius 2 is 2.17 bits per heavy atom. The van der Waals surface area contributed by atoms with Gasteiger partial charge in [0.15, 0.2) is 5.78 Å². The molecule has 2 unspecified atom stereocenters. The number of hydrogen-bond acceptors (Lipinski definition) is 2. The van der Waals surface area contributed by atoms with Crippen molar-refractivity contribution in [3.05, 3.63) is 12.3 Å². The molecule has 0 saturated heterocycles. The first-order chi connectivity index (χ1) is 5.79. The fourth-order valence-electron chi connectivity index (χ4n) is 2.36. The largest absolute Gasteiger partial charge is 0.377 e. The van der Waals surface area contributed by atoms with Gasteiger partial charge in [-0.25, -0.2) is 0 Å². The second-order valence-corrected chi connectivity index (χ2v) is 3.84. The average Bonchev–Trinajstić information content (AvgIpc) is 2.12. The number of allylic oxidation sites excluding steroid dienone is 1. The van der Waals surface area contributed by atoms with Crippen LogP contribution < -0.4 is 0 Å². The molecule has 2 heteroatoms. The van der Waals surface area contributed by atoms with Crippen LogP contribution >= 0.6 is 0 Å². The maximum Gasteiger partial charge on any atom is 0.162 e. The quantitative estimate of drug-likeness (QED) is 0.543. The summed E-state index contributed by atoms with van der Waals surface area (Å²) in [6.07, 6.45) is 8.46. The fourth-order valence-corrected chi connectivity index (χ4v) is 2.36. The number of carbonyl (C=O) groups is 1. The zero-order valence-corrected chi connectivity index (χ0v) is 7.49. The topological polar surface area (TPSA) is 20.3 Å². The van der Waals surface area contributed by atoms with Gasteiger partial charge in [-0.2, -0.15) is 0 Å². The van der Waals surface area contributed by atoms with Crippen molar-refractivity contribution in [1.29, 1.82) is 0 Å². The van der Waals surface area contributed by atoms with Crippen molar-refractivity contribution >= 4 is 5.78 Å². The minimum absolute atomic E-state index is 0.300. The van der Waals surface area contributed by atoms with Crippen molar-refractivity contribution in [1.82, 2.24) is 4.90 Å². The van der Waals surface area contributed by atoms with Crippen LogP contribution in [0.15, 0.2) is 12.3 Å². The van der Waals surface area contributed by atoms with Crippen LogP contribution in [0.5, 0.6) is 0 Å². The molecule has 1 fully saturated rings. The van der Waals surface area contributed by atoms with E-state index in [0.717, 1.165) is 6.42 Å². The number of ketones is 1. The molecule has 0 spiro atoms. The predicted octanol–water partition coefficient (Wildman–Crippen LogP) is 1.57. The van der Waals surface area contributed by atoms with Gasteiger partial charge in [-0.05, 0) is 18.9 Å². The van der Waals surface area contributed by atoms with Crippen molar-refractivity contribution in [2.45, 2.75) is 31.7 Å². The van der Waals surface area contributed by atoms with E-state index in [1.54, 1.807) is 6.08 Å². The van der Waals surface area contributed by atoms with E-state index in [4.69, 9.17) is 0 Å². The molecule has 1 heterocycles. The van der Waals surface area contributed by atoms with Gasteiger partial charge in [0.2, 0.25) is 0 Å². The second kappa shape index (κ2) is 2.92. The molecular formula is C10H15NO. The molecule has 1 aliphatic carbocycles. The lowest BCUT2D eigenvalue weighted by molar-refractivity contribution is -0.122. The molecule has 0 aromatic carbocycles. The fraction of sp³-hybridized carbons (Fsp3) is 0.700. The molecule has 1 saturated carbocycles. The third-order valence-electron chi connectivity index (χ3n) is 3.09.